The molecular weight excluding hydrogens is 434 g/mol. The third kappa shape index (κ3) is 4.14. The molecule has 1 aliphatic rings. The highest BCUT2D eigenvalue weighted by atomic mass is 35.5. The molecule has 0 fully saturated rings. The zero-order chi connectivity index (χ0) is 23.2. The van der Waals surface area contributed by atoms with E-state index in [9.17, 15) is 4.79 Å². The van der Waals surface area contributed by atoms with Crippen LogP contribution >= 0.6 is 11.6 Å². The number of carbonyl (C=O) groups excluding carboxylic acids is 1. The molecule has 0 radical (unpaired) electrons. The van der Waals surface area contributed by atoms with E-state index in [1.54, 1.807) is 29.1 Å². The van der Waals surface area contributed by atoms with E-state index in [4.69, 9.17) is 16.6 Å². The lowest BCUT2D eigenvalue weighted by atomic mass is 9.86. The van der Waals surface area contributed by atoms with Crippen molar-refractivity contribution < 1.29 is 4.79 Å². The Morgan fingerprint density at radius 2 is 1.85 bits per heavy atom. The van der Waals surface area contributed by atoms with E-state index in [0.29, 0.717) is 22.2 Å². The number of aromatic nitrogens is 4. The highest BCUT2D eigenvalue weighted by Crippen LogP contribution is 2.44. The fourth-order valence-corrected chi connectivity index (χ4v) is 4.63. The number of halogens is 1. The minimum atomic E-state index is -0.227. The van der Waals surface area contributed by atoms with Crippen molar-refractivity contribution in [1.82, 2.24) is 25.1 Å². The molecule has 1 N–H and O–H groups in total. The normalized spacial score (nSPS) is 16.4. The number of hydrogen-bond acceptors (Lipinski definition) is 4. The van der Waals surface area contributed by atoms with Crippen molar-refractivity contribution in [1.29, 1.82) is 0 Å². The molecule has 33 heavy (non-hydrogen) atoms. The first-order valence-corrected chi connectivity index (χ1v) is 11.2. The quantitative estimate of drug-likeness (QED) is 0.448. The van der Waals surface area contributed by atoms with Gasteiger partial charge in [-0.15, -0.1) is 0 Å². The average Bonchev–Trinajstić information content (AvgIpc) is 3.35. The molecule has 5 rings (SSSR count). The van der Waals surface area contributed by atoms with Gasteiger partial charge in [0, 0.05) is 23.8 Å². The van der Waals surface area contributed by atoms with Gasteiger partial charge in [0.25, 0.3) is 5.91 Å². The first-order chi connectivity index (χ1) is 15.8. The molecule has 2 aromatic heterocycles. The van der Waals surface area contributed by atoms with Crippen molar-refractivity contribution >= 4 is 17.5 Å². The molecule has 4 aromatic rings. The molecule has 1 aliphatic carbocycles. The van der Waals surface area contributed by atoms with E-state index >= 15 is 0 Å². The number of fused-ring (bicyclic) bond motifs is 1. The van der Waals surface area contributed by atoms with Gasteiger partial charge in [-0.25, -0.2) is 9.97 Å². The fourth-order valence-electron chi connectivity index (χ4n) is 4.51. The van der Waals surface area contributed by atoms with Crippen molar-refractivity contribution in [3.05, 3.63) is 88.8 Å². The summed E-state index contributed by atoms with van der Waals surface area (Å²) in [4.78, 5) is 22.7. The Morgan fingerprint density at radius 3 is 2.58 bits per heavy atom. The van der Waals surface area contributed by atoms with E-state index < -0.39 is 0 Å². The Labute approximate surface area is 197 Å². The first-order valence-electron chi connectivity index (χ1n) is 10.8. The number of rotatable bonds is 4. The van der Waals surface area contributed by atoms with E-state index in [1.807, 2.05) is 37.5 Å². The van der Waals surface area contributed by atoms with Crippen LogP contribution in [-0.4, -0.2) is 25.7 Å². The molecule has 2 heterocycles. The third-order valence-electron chi connectivity index (χ3n) is 6.15. The van der Waals surface area contributed by atoms with Gasteiger partial charge in [-0.1, -0.05) is 61.8 Å². The van der Waals surface area contributed by atoms with Gasteiger partial charge in [-0.2, -0.15) is 5.10 Å². The van der Waals surface area contributed by atoms with Crippen LogP contribution in [0.25, 0.3) is 22.6 Å². The van der Waals surface area contributed by atoms with Gasteiger partial charge in [0.05, 0.1) is 23.5 Å². The summed E-state index contributed by atoms with van der Waals surface area (Å²) in [6, 6.07) is 17.3. The standard InChI is InChI=1S/C26H24ClN5O/c1-26(2)13-23(19-6-4-5-7-20(19)26)31-25(33)22-12-21(16-8-10-18(27)11-9-16)29-24(30-22)17-14-28-32(3)15-17/h4-12,14-15,23H,13H2,1-3H3,(H,31,33)/t23-/m0/s1. The Kier molecular flexibility index (Phi) is 5.25. The van der Waals surface area contributed by atoms with Crippen LogP contribution in [0.5, 0.6) is 0 Å². The third-order valence-corrected chi connectivity index (χ3v) is 6.40. The molecule has 166 valence electrons. The van der Waals surface area contributed by atoms with Crippen LogP contribution in [0, 0.1) is 0 Å². The lowest BCUT2D eigenvalue weighted by Crippen LogP contribution is -2.29. The monoisotopic (exact) mass is 457 g/mol. The zero-order valence-electron chi connectivity index (χ0n) is 18.7. The van der Waals surface area contributed by atoms with Crippen LogP contribution in [-0.2, 0) is 12.5 Å². The van der Waals surface area contributed by atoms with Crippen LogP contribution < -0.4 is 5.32 Å². The highest BCUT2D eigenvalue weighted by molar-refractivity contribution is 6.30. The Bertz CT molecular complexity index is 1340. The minimum Gasteiger partial charge on any atom is -0.344 e. The summed E-state index contributed by atoms with van der Waals surface area (Å²) in [5.74, 6) is 0.225. The molecule has 1 atom stereocenters. The summed E-state index contributed by atoms with van der Waals surface area (Å²) in [5, 5.41) is 8.07. The second-order valence-corrected chi connectivity index (χ2v) is 9.51. The highest BCUT2D eigenvalue weighted by Gasteiger charge is 2.37. The van der Waals surface area contributed by atoms with Crippen LogP contribution in [0.2, 0.25) is 5.02 Å². The van der Waals surface area contributed by atoms with Crippen LogP contribution in [0.3, 0.4) is 0 Å². The molecule has 0 saturated carbocycles. The topological polar surface area (TPSA) is 72.7 Å². The van der Waals surface area contributed by atoms with Gasteiger partial charge in [0.1, 0.15) is 5.69 Å². The molecular formula is C26H24ClN5O. The van der Waals surface area contributed by atoms with Crippen LogP contribution in [0.1, 0.15) is 47.9 Å². The smallest absolute Gasteiger partial charge is 0.270 e. The van der Waals surface area contributed by atoms with Crippen molar-refractivity contribution in [3.8, 4) is 22.6 Å². The molecule has 7 heteroatoms. The summed E-state index contributed by atoms with van der Waals surface area (Å²) in [7, 11) is 1.83. The maximum Gasteiger partial charge on any atom is 0.270 e. The Morgan fingerprint density at radius 1 is 1.09 bits per heavy atom. The van der Waals surface area contributed by atoms with Crippen molar-refractivity contribution in [2.24, 2.45) is 7.05 Å². The second-order valence-electron chi connectivity index (χ2n) is 9.07. The summed E-state index contributed by atoms with van der Waals surface area (Å²) in [6.45, 7) is 4.42. The predicted octanol–water partition coefficient (Wildman–Crippen LogP) is 5.35. The number of aryl methyl sites for hydroxylation is 1. The van der Waals surface area contributed by atoms with Crippen LogP contribution in [0.4, 0.5) is 0 Å². The molecule has 1 amide bonds. The van der Waals surface area contributed by atoms with Crippen molar-refractivity contribution in [2.45, 2.75) is 31.7 Å². The van der Waals surface area contributed by atoms with Gasteiger partial charge >= 0.3 is 0 Å². The fraction of sp³-hybridized carbons (Fsp3) is 0.231. The maximum absolute atomic E-state index is 13.4. The van der Waals surface area contributed by atoms with Gasteiger partial charge < -0.3 is 5.32 Å². The van der Waals surface area contributed by atoms with E-state index in [-0.39, 0.29) is 17.4 Å². The number of nitrogens with zero attached hydrogens (tertiary/aromatic N) is 4. The van der Waals surface area contributed by atoms with Gasteiger partial charge in [-0.3, -0.25) is 9.48 Å². The van der Waals surface area contributed by atoms with E-state index in [1.165, 1.54) is 5.56 Å². The average molecular weight is 458 g/mol. The lowest BCUT2D eigenvalue weighted by Gasteiger charge is -2.19. The van der Waals surface area contributed by atoms with Gasteiger partial charge in [0.2, 0.25) is 0 Å². The molecule has 0 saturated heterocycles. The molecule has 0 aliphatic heterocycles. The maximum atomic E-state index is 13.4. The number of hydrogen-bond donors (Lipinski definition) is 1. The van der Waals surface area contributed by atoms with E-state index in [2.05, 4.69) is 41.4 Å². The lowest BCUT2D eigenvalue weighted by molar-refractivity contribution is 0.0929. The predicted molar refractivity (Wildman–Crippen MR) is 129 cm³/mol. The summed E-state index contributed by atoms with van der Waals surface area (Å²) < 4.78 is 1.69. The number of carbonyl (C=O) groups is 1. The minimum absolute atomic E-state index is 0.00442. The van der Waals surface area contributed by atoms with Gasteiger partial charge in [0.15, 0.2) is 5.82 Å². The molecule has 0 bridgehead atoms. The Hall–Kier alpha value is -3.51. The van der Waals surface area contributed by atoms with Crippen molar-refractivity contribution in [2.75, 3.05) is 0 Å². The number of benzene rings is 2. The SMILES string of the molecule is Cn1cc(-c2nc(C(=O)N[C@H]3CC(C)(C)c4ccccc43)cc(-c3ccc(Cl)cc3)n2)cn1. The number of nitrogens with one attached hydrogen (secondary N) is 1. The summed E-state index contributed by atoms with van der Waals surface area (Å²) in [6.07, 6.45) is 4.36. The molecule has 6 nitrogen and oxygen atoms in total. The first kappa shape index (κ1) is 21.3. The zero-order valence-corrected chi connectivity index (χ0v) is 19.5. The summed E-state index contributed by atoms with van der Waals surface area (Å²) >= 11 is 6.06. The second kappa shape index (κ2) is 8.12. The molecule has 0 spiro atoms. The van der Waals surface area contributed by atoms with Crippen molar-refractivity contribution in [3.63, 3.8) is 0 Å². The van der Waals surface area contributed by atoms with E-state index in [0.717, 1.165) is 23.1 Å². The van der Waals surface area contributed by atoms with Crippen LogP contribution in [0.15, 0.2) is 67.0 Å². The largest absolute Gasteiger partial charge is 0.344 e. The molecule has 2 aromatic carbocycles. The molecule has 0 unspecified atom stereocenters. The van der Waals surface area contributed by atoms with Gasteiger partial charge in [-0.05, 0) is 41.2 Å². The summed E-state index contributed by atoms with van der Waals surface area (Å²) in [5.41, 5.74) is 5.00. The Balaban J connectivity index is 1.52. The number of amides is 1.